The average Bonchev–Trinajstić information content (AvgIpc) is 2.65. The van der Waals surface area contributed by atoms with Gasteiger partial charge in [0, 0.05) is 11.9 Å². The summed E-state index contributed by atoms with van der Waals surface area (Å²) in [5.74, 6) is 0.857. The third-order valence-electron chi connectivity index (χ3n) is 3.74. The van der Waals surface area contributed by atoms with Crippen LogP contribution >= 0.6 is 0 Å². The molecule has 0 radical (unpaired) electrons. The lowest BCUT2D eigenvalue weighted by molar-refractivity contribution is 0.0597. The number of hydrogen-bond acceptors (Lipinski definition) is 5. The Morgan fingerprint density at radius 2 is 1.92 bits per heavy atom. The minimum Gasteiger partial charge on any atom is -0.496 e. The van der Waals surface area contributed by atoms with Crippen molar-refractivity contribution in [3.05, 3.63) is 65.7 Å². The molecule has 1 heterocycles. The first-order valence-electron chi connectivity index (χ1n) is 7.56. The maximum Gasteiger partial charge on any atom is 0.341 e. The van der Waals surface area contributed by atoms with Crippen LogP contribution in [0.4, 0.5) is 5.82 Å². The molecule has 2 aromatic carbocycles. The van der Waals surface area contributed by atoms with Gasteiger partial charge in [0.05, 0.1) is 19.7 Å². The summed E-state index contributed by atoms with van der Waals surface area (Å²) in [6.07, 6.45) is 0. The van der Waals surface area contributed by atoms with Gasteiger partial charge in [0.1, 0.15) is 17.1 Å². The third-order valence-corrected chi connectivity index (χ3v) is 3.74. The van der Waals surface area contributed by atoms with Crippen LogP contribution in [-0.4, -0.2) is 25.2 Å². The number of benzene rings is 2. The molecule has 0 saturated heterocycles. The Balaban J connectivity index is 1.79. The van der Waals surface area contributed by atoms with E-state index in [9.17, 15) is 4.79 Å². The van der Waals surface area contributed by atoms with E-state index in [0.717, 1.165) is 22.3 Å². The first-order valence-corrected chi connectivity index (χ1v) is 7.56. The minimum absolute atomic E-state index is 0.408. The number of nitrogens with zero attached hydrogens (tertiary/aromatic N) is 1. The highest BCUT2D eigenvalue weighted by molar-refractivity contribution is 5.92. The third kappa shape index (κ3) is 3.30. The molecule has 0 fully saturated rings. The van der Waals surface area contributed by atoms with E-state index in [2.05, 4.69) is 10.3 Å². The summed E-state index contributed by atoms with van der Waals surface area (Å²) in [5, 5.41) is 4.37. The van der Waals surface area contributed by atoms with E-state index in [0.29, 0.717) is 17.9 Å². The summed E-state index contributed by atoms with van der Waals surface area (Å²) in [5.41, 5.74) is 2.28. The number of carbonyl (C=O) groups is 1. The minimum atomic E-state index is -0.419. The van der Waals surface area contributed by atoms with Gasteiger partial charge in [0.2, 0.25) is 0 Å². The zero-order chi connectivity index (χ0) is 16.9. The van der Waals surface area contributed by atoms with Gasteiger partial charge in [-0.1, -0.05) is 24.3 Å². The lowest BCUT2D eigenvalue weighted by atomic mass is 10.1. The number of fused-ring (bicyclic) bond motifs is 1. The van der Waals surface area contributed by atoms with Gasteiger partial charge in [0.15, 0.2) is 0 Å². The Hall–Kier alpha value is -3.08. The van der Waals surface area contributed by atoms with E-state index < -0.39 is 5.97 Å². The van der Waals surface area contributed by atoms with Gasteiger partial charge in [-0.25, -0.2) is 9.78 Å². The van der Waals surface area contributed by atoms with E-state index in [1.807, 2.05) is 42.5 Å². The molecule has 3 aromatic rings. The fourth-order valence-corrected chi connectivity index (χ4v) is 2.49. The molecule has 1 N–H and O–H groups in total. The molecule has 0 bridgehead atoms. The van der Waals surface area contributed by atoms with Crippen molar-refractivity contribution < 1.29 is 14.3 Å². The lowest BCUT2D eigenvalue weighted by Gasteiger charge is -2.11. The van der Waals surface area contributed by atoms with Gasteiger partial charge in [-0.15, -0.1) is 0 Å². The normalized spacial score (nSPS) is 10.4. The Bertz CT molecular complexity index is 877. The molecular weight excluding hydrogens is 304 g/mol. The van der Waals surface area contributed by atoms with Crippen molar-refractivity contribution in [2.45, 2.75) is 6.54 Å². The summed E-state index contributed by atoms with van der Waals surface area (Å²) >= 11 is 0. The van der Waals surface area contributed by atoms with E-state index in [1.165, 1.54) is 14.2 Å². The first-order chi connectivity index (χ1) is 11.7. The summed E-state index contributed by atoms with van der Waals surface area (Å²) in [6, 6.07) is 17.3. The molecule has 122 valence electrons. The largest absolute Gasteiger partial charge is 0.496 e. The second-order valence-electron chi connectivity index (χ2n) is 5.27. The molecule has 0 spiro atoms. The fraction of sp³-hybridized carbons (Fsp3) is 0.158. The molecule has 5 nitrogen and oxygen atoms in total. The Morgan fingerprint density at radius 1 is 1.08 bits per heavy atom. The second kappa shape index (κ2) is 7.00. The van der Waals surface area contributed by atoms with Crippen LogP contribution in [0.25, 0.3) is 10.9 Å². The van der Waals surface area contributed by atoms with Crippen LogP contribution < -0.4 is 10.1 Å². The van der Waals surface area contributed by atoms with Gasteiger partial charge in [-0.2, -0.15) is 0 Å². The maximum absolute atomic E-state index is 11.8. The van der Waals surface area contributed by atoms with Gasteiger partial charge in [-0.05, 0) is 35.9 Å². The SMILES string of the molecule is COC(=O)c1cc(CNc2ccc3ccccc3n2)ccc1OC. The van der Waals surface area contributed by atoms with E-state index in [-0.39, 0.29) is 0 Å². The number of esters is 1. The molecule has 5 heteroatoms. The summed E-state index contributed by atoms with van der Waals surface area (Å²) < 4.78 is 9.99. The van der Waals surface area contributed by atoms with Gasteiger partial charge < -0.3 is 14.8 Å². The Morgan fingerprint density at radius 3 is 2.71 bits per heavy atom. The number of para-hydroxylation sites is 1. The van der Waals surface area contributed by atoms with Gasteiger partial charge >= 0.3 is 5.97 Å². The first kappa shape index (κ1) is 15.8. The molecule has 0 amide bonds. The number of aromatic nitrogens is 1. The van der Waals surface area contributed by atoms with Crippen LogP contribution in [0.15, 0.2) is 54.6 Å². The molecule has 0 aliphatic carbocycles. The van der Waals surface area contributed by atoms with Crippen molar-refractivity contribution in [1.29, 1.82) is 0 Å². The number of rotatable bonds is 5. The predicted molar refractivity (Wildman–Crippen MR) is 93.4 cm³/mol. The molecule has 0 atom stereocenters. The average molecular weight is 322 g/mol. The van der Waals surface area contributed by atoms with Crippen molar-refractivity contribution in [3.8, 4) is 5.75 Å². The predicted octanol–water partition coefficient (Wildman–Crippen LogP) is 3.64. The number of methoxy groups -OCH3 is 2. The van der Waals surface area contributed by atoms with E-state index >= 15 is 0 Å². The number of pyridine rings is 1. The zero-order valence-corrected chi connectivity index (χ0v) is 13.6. The van der Waals surface area contributed by atoms with Crippen LogP contribution in [-0.2, 0) is 11.3 Å². The van der Waals surface area contributed by atoms with Crippen LogP contribution in [0.1, 0.15) is 15.9 Å². The topological polar surface area (TPSA) is 60.5 Å². The van der Waals surface area contributed by atoms with Crippen LogP contribution in [0.3, 0.4) is 0 Å². The van der Waals surface area contributed by atoms with Crippen LogP contribution in [0.5, 0.6) is 5.75 Å². The highest BCUT2D eigenvalue weighted by Gasteiger charge is 2.13. The standard InChI is InChI=1S/C19H18N2O3/c1-23-17-9-7-13(11-15(17)19(22)24-2)12-20-18-10-8-14-5-3-4-6-16(14)21-18/h3-11H,12H2,1-2H3,(H,20,21). The Labute approximate surface area is 140 Å². The van der Waals surface area contributed by atoms with Gasteiger partial charge in [0.25, 0.3) is 0 Å². The monoisotopic (exact) mass is 322 g/mol. The Kier molecular flexibility index (Phi) is 4.61. The number of nitrogens with one attached hydrogen (secondary N) is 1. The number of anilines is 1. The van der Waals surface area contributed by atoms with Crippen molar-refractivity contribution in [2.75, 3.05) is 19.5 Å². The number of hydrogen-bond donors (Lipinski definition) is 1. The van der Waals surface area contributed by atoms with Crippen molar-refractivity contribution in [3.63, 3.8) is 0 Å². The van der Waals surface area contributed by atoms with Crippen LogP contribution in [0, 0.1) is 0 Å². The zero-order valence-electron chi connectivity index (χ0n) is 13.6. The van der Waals surface area contributed by atoms with Crippen molar-refractivity contribution in [2.24, 2.45) is 0 Å². The molecule has 0 unspecified atom stereocenters. The van der Waals surface area contributed by atoms with E-state index in [1.54, 1.807) is 12.1 Å². The molecule has 0 saturated carbocycles. The van der Waals surface area contributed by atoms with Crippen molar-refractivity contribution in [1.82, 2.24) is 4.98 Å². The smallest absolute Gasteiger partial charge is 0.341 e. The molecular formula is C19H18N2O3. The number of carbonyl (C=O) groups excluding carboxylic acids is 1. The summed E-state index contributed by atoms with van der Waals surface area (Å²) in [7, 11) is 2.88. The van der Waals surface area contributed by atoms with Gasteiger partial charge in [-0.3, -0.25) is 0 Å². The fourth-order valence-electron chi connectivity index (χ4n) is 2.49. The number of ether oxygens (including phenoxy) is 2. The summed E-state index contributed by atoms with van der Waals surface area (Å²) in [6.45, 7) is 0.541. The van der Waals surface area contributed by atoms with E-state index in [4.69, 9.17) is 9.47 Å². The highest BCUT2D eigenvalue weighted by Crippen LogP contribution is 2.22. The molecule has 1 aromatic heterocycles. The second-order valence-corrected chi connectivity index (χ2v) is 5.27. The molecule has 0 aliphatic heterocycles. The summed E-state index contributed by atoms with van der Waals surface area (Å²) in [4.78, 5) is 16.4. The highest BCUT2D eigenvalue weighted by atomic mass is 16.5. The lowest BCUT2D eigenvalue weighted by Crippen LogP contribution is -2.07. The quantitative estimate of drug-likeness (QED) is 0.727. The van der Waals surface area contributed by atoms with Crippen LogP contribution in [0.2, 0.25) is 0 Å². The molecule has 24 heavy (non-hydrogen) atoms. The maximum atomic E-state index is 11.8. The molecule has 0 aliphatic rings. The van der Waals surface area contributed by atoms with Crippen molar-refractivity contribution >= 4 is 22.7 Å². The molecule has 3 rings (SSSR count).